The Hall–Kier alpha value is -1.23. The fraction of sp³-hybridized carbons (Fsp3) is 0.600. The summed E-state index contributed by atoms with van der Waals surface area (Å²) in [5.41, 5.74) is 1.04. The van der Waals surface area contributed by atoms with Gasteiger partial charge < -0.3 is 10.1 Å². The molecule has 2 rings (SSSR count). The molecule has 0 aliphatic carbocycles. The molecular formula is C15H20F3NO. The standard InChI is InChI=1S/C15H20F3NO/c1-11-3-2-4-13(19-11)8-5-12-6-9-14(10-7-12)20-15(16,17)18/h6-7,9-11,13,19H,2-5,8H2,1H3. The van der Waals surface area contributed by atoms with E-state index in [2.05, 4.69) is 17.0 Å². The van der Waals surface area contributed by atoms with E-state index in [1.807, 2.05) is 0 Å². The summed E-state index contributed by atoms with van der Waals surface area (Å²) in [6.07, 6.45) is 0.918. The molecule has 2 unspecified atom stereocenters. The van der Waals surface area contributed by atoms with Crippen molar-refractivity contribution in [3.63, 3.8) is 0 Å². The summed E-state index contributed by atoms with van der Waals surface area (Å²) in [6.45, 7) is 2.19. The molecule has 0 aromatic heterocycles. The van der Waals surface area contributed by atoms with Gasteiger partial charge in [0.2, 0.25) is 0 Å². The lowest BCUT2D eigenvalue weighted by Crippen LogP contribution is -2.40. The van der Waals surface area contributed by atoms with Crippen LogP contribution in [-0.2, 0) is 6.42 Å². The Morgan fingerprint density at radius 3 is 2.50 bits per heavy atom. The molecule has 112 valence electrons. The van der Waals surface area contributed by atoms with Crippen molar-refractivity contribution >= 4 is 0 Å². The first kappa shape index (κ1) is 15.2. The van der Waals surface area contributed by atoms with Crippen molar-refractivity contribution in [2.75, 3.05) is 0 Å². The van der Waals surface area contributed by atoms with Gasteiger partial charge in [-0.2, -0.15) is 0 Å². The number of benzene rings is 1. The molecule has 1 fully saturated rings. The molecule has 1 aliphatic rings. The number of aryl methyl sites for hydroxylation is 1. The smallest absolute Gasteiger partial charge is 0.406 e. The average molecular weight is 287 g/mol. The normalized spacial score (nSPS) is 23.6. The van der Waals surface area contributed by atoms with Crippen molar-refractivity contribution < 1.29 is 17.9 Å². The van der Waals surface area contributed by atoms with Crippen LogP contribution in [0.4, 0.5) is 13.2 Å². The van der Waals surface area contributed by atoms with Gasteiger partial charge in [-0.05, 0) is 50.3 Å². The molecule has 0 amide bonds. The second-order valence-corrected chi connectivity index (χ2v) is 5.43. The van der Waals surface area contributed by atoms with E-state index in [1.54, 1.807) is 12.1 Å². The molecule has 1 aromatic rings. The minimum Gasteiger partial charge on any atom is -0.406 e. The lowest BCUT2D eigenvalue weighted by molar-refractivity contribution is -0.274. The summed E-state index contributed by atoms with van der Waals surface area (Å²) in [5, 5.41) is 3.56. The predicted molar refractivity (Wildman–Crippen MR) is 71.7 cm³/mol. The minimum atomic E-state index is -4.62. The summed E-state index contributed by atoms with van der Waals surface area (Å²) >= 11 is 0. The molecule has 0 saturated carbocycles. The SMILES string of the molecule is CC1CCCC(CCc2ccc(OC(F)(F)F)cc2)N1. The van der Waals surface area contributed by atoms with Crippen molar-refractivity contribution in [1.82, 2.24) is 5.32 Å². The third-order valence-corrected chi connectivity index (χ3v) is 3.65. The molecule has 1 aliphatic heterocycles. The summed E-state index contributed by atoms with van der Waals surface area (Å²) in [4.78, 5) is 0. The Labute approximate surface area is 117 Å². The molecule has 0 spiro atoms. The van der Waals surface area contributed by atoms with E-state index < -0.39 is 6.36 Å². The topological polar surface area (TPSA) is 21.3 Å². The lowest BCUT2D eigenvalue weighted by Gasteiger charge is -2.28. The van der Waals surface area contributed by atoms with Crippen LogP contribution in [0.15, 0.2) is 24.3 Å². The fourth-order valence-corrected chi connectivity index (χ4v) is 2.67. The Bertz CT molecular complexity index is 416. The highest BCUT2D eigenvalue weighted by Crippen LogP contribution is 2.23. The fourth-order valence-electron chi connectivity index (χ4n) is 2.67. The van der Waals surface area contributed by atoms with Crippen LogP contribution in [0.2, 0.25) is 0 Å². The zero-order valence-electron chi connectivity index (χ0n) is 11.5. The summed E-state index contributed by atoms with van der Waals surface area (Å²) in [6, 6.07) is 7.24. The van der Waals surface area contributed by atoms with Gasteiger partial charge in [-0.1, -0.05) is 18.6 Å². The van der Waals surface area contributed by atoms with E-state index in [4.69, 9.17) is 0 Å². The maximum absolute atomic E-state index is 12.0. The van der Waals surface area contributed by atoms with Crippen LogP contribution < -0.4 is 10.1 Å². The number of ether oxygens (including phenoxy) is 1. The van der Waals surface area contributed by atoms with Gasteiger partial charge in [0.1, 0.15) is 5.75 Å². The van der Waals surface area contributed by atoms with Crippen molar-refractivity contribution in [2.45, 2.75) is 57.5 Å². The highest BCUT2D eigenvalue weighted by atomic mass is 19.4. The van der Waals surface area contributed by atoms with Crippen molar-refractivity contribution in [3.8, 4) is 5.75 Å². The molecule has 5 heteroatoms. The second-order valence-electron chi connectivity index (χ2n) is 5.43. The number of alkyl halides is 3. The summed E-state index contributed by atoms with van der Waals surface area (Å²) in [5.74, 6) is -0.161. The highest BCUT2D eigenvalue weighted by molar-refractivity contribution is 5.27. The second kappa shape index (κ2) is 6.48. The van der Waals surface area contributed by atoms with Crippen molar-refractivity contribution in [2.24, 2.45) is 0 Å². The maximum Gasteiger partial charge on any atom is 0.573 e. The Balaban J connectivity index is 1.81. The van der Waals surface area contributed by atoms with E-state index in [-0.39, 0.29) is 5.75 Å². The molecular weight excluding hydrogens is 267 g/mol. The Morgan fingerprint density at radius 1 is 1.20 bits per heavy atom. The number of piperidine rings is 1. The number of hydrogen-bond donors (Lipinski definition) is 1. The van der Waals surface area contributed by atoms with E-state index in [1.165, 1.54) is 31.4 Å². The monoisotopic (exact) mass is 287 g/mol. The molecule has 20 heavy (non-hydrogen) atoms. The van der Waals surface area contributed by atoms with E-state index in [0.717, 1.165) is 18.4 Å². The number of nitrogens with one attached hydrogen (secondary N) is 1. The van der Waals surface area contributed by atoms with E-state index in [9.17, 15) is 13.2 Å². The number of hydrogen-bond acceptors (Lipinski definition) is 2. The largest absolute Gasteiger partial charge is 0.573 e. The predicted octanol–water partition coefficient (Wildman–Crippen LogP) is 4.05. The van der Waals surface area contributed by atoms with E-state index in [0.29, 0.717) is 12.1 Å². The first-order valence-electron chi connectivity index (χ1n) is 7.03. The van der Waals surface area contributed by atoms with Gasteiger partial charge in [0.25, 0.3) is 0 Å². The van der Waals surface area contributed by atoms with Gasteiger partial charge in [0, 0.05) is 12.1 Å². The first-order valence-corrected chi connectivity index (χ1v) is 7.03. The Morgan fingerprint density at radius 2 is 1.90 bits per heavy atom. The van der Waals surface area contributed by atoms with Crippen LogP contribution in [0.5, 0.6) is 5.75 Å². The van der Waals surface area contributed by atoms with Gasteiger partial charge >= 0.3 is 6.36 Å². The zero-order valence-corrected chi connectivity index (χ0v) is 11.5. The third-order valence-electron chi connectivity index (χ3n) is 3.65. The maximum atomic E-state index is 12.0. The van der Waals surface area contributed by atoms with E-state index >= 15 is 0 Å². The minimum absolute atomic E-state index is 0.161. The third kappa shape index (κ3) is 5.04. The van der Waals surface area contributed by atoms with Crippen LogP contribution in [0.3, 0.4) is 0 Å². The highest BCUT2D eigenvalue weighted by Gasteiger charge is 2.30. The molecule has 2 nitrogen and oxygen atoms in total. The molecule has 0 radical (unpaired) electrons. The average Bonchev–Trinajstić information content (AvgIpc) is 2.36. The molecule has 2 atom stereocenters. The number of halogens is 3. The molecule has 1 heterocycles. The number of rotatable bonds is 4. The van der Waals surface area contributed by atoms with Crippen LogP contribution in [-0.4, -0.2) is 18.4 Å². The van der Waals surface area contributed by atoms with Crippen LogP contribution in [0.25, 0.3) is 0 Å². The summed E-state index contributed by atoms with van der Waals surface area (Å²) < 4.78 is 40.0. The quantitative estimate of drug-likeness (QED) is 0.902. The molecule has 1 aromatic carbocycles. The van der Waals surface area contributed by atoms with Gasteiger partial charge in [0.05, 0.1) is 0 Å². The van der Waals surface area contributed by atoms with Crippen molar-refractivity contribution in [1.29, 1.82) is 0 Å². The van der Waals surface area contributed by atoms with Gasteiger partial charge in [-0.15, -0.1) is 13.2 Å². The lowest BCUT2D eigenvalue weighted by atomic mass is 9.95. The first-order chi connectivity index (χ1) is 9.42. The summed E-state index contributed by atoms with van der Waals surface area (Å²) in [7, 11) is 0. The molecule has 0 bridgehead atoms. The Kier molecular flexibility index (Phi) is 4.91. The van der Waals surface area contributed by atoms with Crippen LogP contribution >= 0.6 is 0 Å². The van der Waals surface area contributed by atoms with Gasteiger partial charge in [-0.25, -0.2) is 0 Å². The molecule has 1 saturated heterocycles. The van der Waals surface area contributed by atoms with Crippen LogP contribution in [0.1, 0.15) is 38.2 Å². The van der Waals surface area contributed by atoms with Gasteiger partial charge in [-0.3, -0.25) is 0 Å². The zero-order chi connectivity index (χ0) is 14.6. The van der Waals surface area contributed by atoms with Crippen molar-refractivity contribution in [3.05, 3.63) is 29.8 Å². The van der Waals surface area contributed by atoms with Crippen LogP contribution in [0, 0.1) is 0 Å². The molecule has 1 N–H and O–H groups in total. The van der Waals surface area contributed by atoms with Gasteiger partial charge in [0.15, 0.2) is 0 Å².